The minimum absolute atomic E-state index is 0.106. The van der Waals surface area contributed by atoms with E-state index in [1.54, 1.807) is 0 Å². The van der Waals surface area contributed by atoms with Crippen LogP contribution in [0.15, 0.2) is 0 Å². The molecule has 3 N–H and O–H groups in total. The second kappa shape index (κ2) is 69.1. The van der Waals surface area contributed by atoms with Crippen molar-refractivity contribution in [2.24, 2.45) is 23.7 Å². The van der Waals surface area contributed by atoms with Crippen LogP contribution in [-0.2, 0) is 65.4 Å². The Morgan fingerprint density at radius 2 is 0.485 bits per heavy atom. The van der Waals surface area contributed by atoms with Crippen molar-refractivity contribution in [2.45, 2.75) is 427 Å². The van der Waals surface area contributed by atoms with Gasteiger partial charge in [0, 0.05) is 25.7 Å². The van der Waals surface area contributed by atoms with Crippen molar-refractivity contribution < 1.29 is 80.2 Å². The number of carbonyl (C=O) groups excluding carboxylic acids is 4. The normalized spacial score (nSPS) is 14.9. The molecule has 17 nitrogen and oxygen atoms in total. The Bertz CT molecular complexity index is 1940. The fourth-order valence-electron chi connectivity index (χ4n) is 12.2. The van der Waals surface area contributed by atoms with Crippen molar-refractivity contribution >= 4 is 39.5 Å². The molecule has 8 atom stereocenters. The highest BCUT2D eigenvalue weighted by Gasteiger charge is 2.30. The first-order chi connectivity index (χ1) is 47.7. The van der Waals surface area contributed by atoms with Crippen molar-refractivity contribution in [1.82, 2.24) is 0 Å². The number of unbranched alkanes of at least 4 members (excludes halogenated alkanes) is 40. The van der Waals surface area contributed by atoms with Gasteiger partial charge in [0.15, 0.2) is 12.2 Å². The summed E-state index contributed by atoms with van der Waals surface area (Å²) in [6.07, 6.45) is 55.5. The minimum Gasteiger partial charge on any atom is -0.462 e. The fourth-order valence-corrected chi connectivity index (χ4v) is 13.7. The highest BCUT2D eigenvalue weighted by Crippen LogP contribution is 2.45. The first-order valence-electron chi connectivity index (χ1n) is 41.3. The molecule has 0 aliphatic carbocycles. The van der Waals surface area contributed by atoms with Gasteiger partial charge in [-0.25, -0.2) is 9.13 Å². The lowest BCUT2D eigenvalue weighted by atomic mass is 9.99. The van der Waals surface area contributed by atoms with Gasteiger partial charge in [-0.3, -0.25) is 37.3 Å². The molecule has 0 aromatic rings. The van der Waals surface area contributed by atoms with Crippen molar-refractivity contribution in [1.29, 1.82) is 0 Å². The van der Waals surface area contributed by atoms with E-state index in [0.717, 1.165) is 120 Å². The average molecular weight is 1450 g/mol. The summed E-state index contributed by atoms with van der Waals surface area (Å²) in [4.78, 5) is 72.9. The van der Waals surface area contributed by atoms with Gasteiger partial charge in [0.1, 0.15) is 19.3 Å². The molecule has 0 amide bonds. The van der Waals surface area contributed by atoms with E-state index in [-0.39, 0.29) is 25.7 Å². The number of hydrogen-bond donors (Lipinski definition) is 3. The Morgan fingerprint density at radius 1 is 0.283 bits per heavy atom. The summed E-state index contributed by atoms with van der Waals surface area (Å²) in [5.74, 6) is 1.04. The quantitative estimate of drug-likeness (QED) is 0.0222. The van der Waals surface area contributed by atoms with Gasteiger partial charge in [-0.2, -0.15) is 0 Å². The van der Waals surface area contributed by atoms with Crippen LogP contribution >= 0.6 is 15.6 Å². The van der Waals surface area contributed by atoms with Crippen LogP contribution in [0.2, 0.25) is 0 Å². The summed E-state index contributed by atoms with van der Waals surface area (Å²) in [6, 6.07) is 0. The van der Waals surface area contributed by atoms with Crippen LogP contribution < -0.4 is 0 Å². The predicted octanol–water partition coefficient (Wildman–Crippen LogP) is 23.6. The van der Waals surface area contributed by atoms with E-state index in [0.29, 0.717) is 25.7 Å². The van der Waals surface area contributed by atoms with E-state index in [9.17, 15) is 43.2 Å². The second-order valence-corrected chi connectivity index (χ2v) is 32.9. The van der Waals surface area contributed by atoms with Crippen LogP contribution in [0.25, 0.3) is 0 Å². The van der Waals surface area contributed by atoms with E-state index in [1.807, 2.05) is 0 Å². The maximum absolute atomic E-state index is 13.1. The lowest BCUT2D eigenvalue weighted by molar-refractivity contribution is -0.161. The lowest BCUT2D eigenvalue weighted by Crippen LogP contribution is -2.30. The number of ether oxygens (including phenoxy) is 4. The topological polar surface area (TPSA) is 237 Å². The average Bonchev–Trinajstić information content (AvgIpc) is 1.20. The van der Waals surface area contributed by atoms with Crippen molar-refractivity contribution in [2.75, 3.05) is 39.6 Å². The van der Waals surface area contributed by atoms with Gasteiger partial charge in [0.05, 0.1) is 26.4 Å². The van der Waals surface area contributed by atoms with Crippen LogP contribution in [0.1, 0.15) is 409 Å². The summed E-state index contributed by atoms with van der Waals surface area (Å²) in [5, 5.41) is 10.6. The monoisotopic (exact) mass is 1450 g/mol. The molecule has 0 aliphatic heterocycles. The highest BCUT2D eigenvalue weighted by atomic mass is 31.2. The van der Waals surface area contributed by atoms with Crippen molar-refractivity contribution in [3.8, 4) is 0 Å². The zero-order chi connectivity index (χ0) is 73.1. The van der Waals surface area contributed by atoms with Gasteiger partial charge >= 0.3 is 39.5 Å². The molecule has 0 aliphatic rings. The molecule has 99 heavy (non-hydrogen) atoms. The predicted molar refractivity (Wildman–Crippen MR) is 404 cm³/mol. The molecule has 0 spiro atoms. The third-order valence-corrected chi connectivity index (χ3v) is 21.6. The van der Waals surface area contributed by atoms with Gasteiger partial charge in [0.2, 0.25) is 0 Å². The van der Waals surface area contributed by atoms with Gasteiger partial charge in [-0.1, -0.05) is 357 Å². The van der Waals surface area contributed by atoms with E-state index < -0.39 is 97.5 Å². The largest absolute Gasteiger partial charge is 0.472 e. The van der Waals surface area contributed by atoms with E-state index in [1.165, 1.54) is 205 Å². The standard InChI is InChI=1S/C80H156O17P2/c1-9-71(6)57-49-41-33-27-23-18-16-14-12-13-15-17-19-24-28-36-46-54-62-79(84)96-75(66-90-77(82)60-52-44-35-31-30-34-42-50-58-72(7)10-2)68-94-98(86,87)92-64-74(81)65-93-99(88,89)95-69-76(67-91-78(83)61-53-45-39-38-43-51-59-73(8)11-3)97-80(85)63-55-47-37-29-25-21-20-22-26-32-40-48-56-70(4)5/h70-76,81H,9-69H2,1-8H3,(H,86,87)(H,88,89)/t71?,72?,73?,74-,75-,76-/m1/s1. The third-order valence-electron chi connectivity index (χ3n) is 19.7. The van der Waals surface area contributed by atoms with Crippen molar-refractivity contribution in [3.05, 3.63) is 0 Å². The maximum Gasteiger partial charge on any atom is 0.472 e. The van der Waals surface area contributed by atoms with Crippen molar-refractivity contribution in [3.63, 3.8) is 0 Å². The van der Waals surface area contributed by atoms with E-state index in [4.69, 9.17) is 37.0 Å². The van der Waals surface area contributed by atoms with E-state index >= 15 is 0 Å². The first kappa shape index (κ1) is 97.1. The van der Waals surface area contributed by atoms with Crippen LogP contribution in [-0.4, -0.2) is 96.7 Å². The minimum atomic E-state index is -4.96. The molecule has 0 fully saturated rings. The van der Waals surface area contributed by atoms with Crippen LogP contribution in [0.4, 0.5) is 0 Å². The Hall–Kier alpha value is -1.94. The van der Waals surface area contributed by atoms with Crippen LogP contribution in [0.3, 0.4) is 0 Å². The summed E-state index contributed by atoms with van der Waals surface area (Å²) >= 11 is 0. The smallest absolute Gasteiger partial charge is 0.462 e. The first-order valence-corrected chi connectivity index (χ1v) is 44.3. The van der Waals surface area contributed by atoms with Crippen LogP contribution in [0, 0.1) is 23.7 Å². The van der Waals surface area contributed by atoms with Crippen LogP contribution in [0.5, 0.6) is 0 Å². The number of phosphoric acid groups is 2. The zero-order valence-electron chi connectivity index (χ0n) is 65.1. The molecular formula is C80H156O17P2. The second-order valence-electron chi connectivity index (χ2n) is 30.0. The molecule has 0 aromatic carbocycles. The molecule has 0 rings (SSSR count). The third kappa shape index (κ3) is 70.2. The maximum atomic E-state index is 13.1. The summed E-state index contributed by atoms with van der Waals surface area (Å²) in [6.45, 7) is 14.3. The summed E-state index contributed by atoms with van der Waals surface area (Å²) in [5.41, 5.74) is 0. The highest BCUT2D eigenvalue weighted by molar-refractivity contribution is 7.47. The molecule has 5 unspecified atom stereocenters. The SMILES string of the molecule is CCC(C)CCCCCCCCCCCCCCCCCCCCC(=O)O[C@H](COC(=O)CCCCCCCCCCC(C)CC)COP(=O)(O)OC[C@@H](O)COP(=O)(O)OC[C@@H](COC(=O)CCCCCCCCC(C)CC)OC(=O)CCCCCCCCCCCCCCC(C)C. The van der Waals surface area contributed by atoms with Gasteiger partial charge in [-0.05, 0) is 49.4 Å². The number of rotatable bonds is 77. The molecule has 588 valence electrons. The Morgan fingerprint density at radius 3 is 0.717 bits per heavy atom. The Labute approximate surface area is 607 Å². The molecule has 0 radical (unpaired) electrons. The molecule has 0 saturated carbocycles. The Kier molecular flexibility index (Phi) is 67.8. The lowest BCUT2D eigenvalue weighted by Gasteiger charge is -2.21. The number of phosphoric ester groups is 2. The van der Waals surface area contributed by atoms with E-state index in [2.05, 4.69) is 55.4 Å². The summed E-state index contributed by atoms with van der Waals surface area (Å²) in [7, 11) is -9.92. The molecule has 19 heteroatoms. The number of carbonyl (C=O) groups is 4. The number of aliphatic hydroxyl groups is 1. The molecule has 0 aromatic heterocycles. The number of hydrogen-bond acceptors (Lipinski definition) is 15. The molecular weight excluding hydrogens is 1290 g/mol. The number of aliphatic hydroxyl groups excluding tert-OH is 1. The summed E-state index contributed by atoms with van der Waals surface area (Å²) < 4.78 is 68.6. The Balaban J connectivity index is 5.20. The van der Waals surface area contributed by atoms with Gasteiger partial charge < -0.3 is 33.8 Å². The number of esters is 4. The fraction of sp³-hybridized carbons (Fsp3) is 0.950. The molecule has 0 saturated heterocycles. The van der Waals surface area contributed by atoms with Gasteiger partial charge in [-0.15, -0.1) is 0 Å². The molecule has 0 heterocycles. The van der Waals surface area contributed by atoms with Gasteiger partial charge in [0.25, 0.3) is 0 Å². The zero-order valence-corrected chi connectivity index (χ0v) is 66.9. The molecule has 0 bridgehead atoms.